The molecule has 0 saturated carbocycles. The zero-order valence-corrected chi connectivity index (χ0v) is 11.4. The van der Waals surface area contributed by atoms with Crippen LogP contribution in [0.15, 0.2) is 17.1 Å². The molecule has 5 nitrogen and oxygen atoms in total. The van der Waals surface area contributed by atoms with E-state index in [1.807, 2.05) is 27.7 Å². The lowest BCUT2D eigenvalue weighted by molar-refractivity contribution is -0.349. The number of hydrogen-bond donors (Lipinski definition) is 1. The first kappa shape index (κ1) is 14.7. The maximum absolute atomic E-state index is 11.3. The summed E-state index contributed by atoms with van der Waals surface area (Å²) in [7, 11) is 0. The number of hydrogen-bond acceptors (Lipinski definition) is 4. The van der Waals surface area contributed by atoms with Crippen LogP contribution in [-0.4, -0.2) is 21.9 Å². The van der Waals surface area contributed by atoms with E-state index in [9.17, 15) is 9.90 Å². The fourth-order valence-corrected chi connectivity index (χ4v) is 1.54. The molecule has 1 aromatic rings. The molecule has 0 spiro atoms. The minimum absolute atomic E-state index is 0.184. The molecule has 0 aliphatic rings. The maximum atomic E-state index is 11.3. The molecule has 1 heterocycles. The number of rotatable bonds is 5. The molecule has 1 rings (SSSR count). The molecule has 0 saturated heterocycles. The molecule has 0 radical (unpaired) electrons. The Bertz CT molecular complexity index is 445. The van der Waals surface area contributed by atoms with E-state index in [0.717, 1.165) is 0 Å². The third-order valence-electron chi connectivity index (χ3n) is 2.32. The lowest BCUT2D eigenvalue weighted by Gasteiger charge is -2.18. The highest BCUT2D eigenvalue weighted by molar-refractivity contribution is 5.26. The van der Waals surface area contributed by atoms with Crippen LogP contribution in [0.25, 0.3) is 0 Å². The van der Waals surface area contributed by atoms with Crippen LogP contribution in [0.2, 0.25) is 0 Å². The van der Waals surface area contributed by atoms with Crippen molar-refractivity contribution in [1.82, 2.24) is 4.57 Å². The van der Waals surface area contributed by atoms with Crippen LogP contribution in [0, 0.1) is 0 Å². The molecule has 0 aromatic carbocycles. The standard InChI is InChI=1S/C13H21NO4/c1-5-10-12(16)11(15)6-7-14(10)8-9-17-18-13(2,3)4/h6-7,16H,5,8-9H2,1-4H3. The lowest BCUT2D eigenvalue weighted by atomic mass is 10.2. The van der Waals surface area contributed by atoms with Gasteiger partial charge in [0.15, 0.2) is 5.75 Å². The van der Waals surface area contributed by atoms with Crippen LogP contribution >= 0.6 is 0 Å². The van der Waals surface area contributed by atoms with Crippen molar-refractivity contribution >= 4 is 0 Å². The van der Waals surface area contributed by atoms with Gasteiger partial charge in [-0.3, -0.25) is 4.79 Å². The summed E-state index contributed by atoms with van der Waals surface area (Å²) in [5.74, 6) is -0.184. The minimum Gasteiger partial charge on any atom is -0.503 e. The van der Waals surface area contributed by atoms with Crippen LogP contribution in [0.5, 0.6) is 5.75 Å². The first-order chi connectivity index (χ1) is 8.35. The van der Waals surface area contributed by atoms with Gasteiger partial charge < -0.3 is 9.67 Å². The summed E-state index contributed by atoms with van der Waals surface area (Å²) >= 11 is 0. The van der Waals surface area contributed by atoms with Crippen LogP contribution < -0.4 is 5.43 Å². The van der Waals surface area contributed by atoms with Gasteiger partial charge in [-0.25, -0.2) is 9.78 Å². The Morgan fingerprint density at radius 1 is 1.39 bits per heavy atom. The van der Waals surface area contributed by atoms with E-state index in [-0.39, 0.29) is 16.8 Å². The fraction of sp³-hybridized carbons (Fsp3) is 0.615. The van der Waals surface area contributed by atoms with Crippen molar-refractivity contribution in [3.05, 3.63) is 28.2 Å². The molecule has 0 aliphatic heterocycles. The normalized spacial score (nSPS) is 11.8. The smallest absolute Gasteiger partial charge is 0.223 e. The van der Waals surface area contributed by atoms with E-state index in [1.54, 1.807) is 10.8 Å². The van der Waals surface area contributed by atoms with Gasteiger partial charge in [0.2, 0.25) is 5.43 Å². The molecule has 0 unspecified atom stereocenters. The predicted octanol–water partition coefficient (Wildman–Crippen LogP) is 1.86. The van der Waals surface area contributed by atoms with Gasteiger partial charge in [-0.2, -0.15) is 0 Å². The topological polar surface area (TPSA) is 60.7 Å². The van der Waals surface area contributed by atoms with E-state index in [4.69, 9.17) is 9.78 Å². The number of aromatic hydroxyl groups is 1. The second kappa shape index (κ2) is 6.02. The van der Waals surface area contributed by atoms with Crippen molar-refractivity contribution in [3.8, 4) is 5.75 Å². The van der Waals surface area contributed by atoms with Gasteiger partial charge >= 0.3 is 0 Å². The molecular weight excluding hydrogens is 234 g/mol. The SMILES string of the molecule is CCc1c(O)c(=O)ccn1CCOOC(C)(C)C. The Labute approximate surface area is 107 Å². The molecule has 1 N–H and O–H groups in total. The molecule has 0 amide bonds. The zero-order chi connectivity index (χ0) is 13.8. The van der Waals surface area contributed by atoms with E-state index in [0.29, 0.717) is 25.3 Å². The first-order valence-corrected chi connectivity index (χ1v) is 6.07. The number of aromatic nitrogens is 1. The Kier molecular flexibility index (Phi) is 4.93. The Morgan fingerprint density at radius 3 is 2.61 bits per heavy atom. The Balaban J connectivity index is 2.63. The van der Waals surface area contributed by atoms with Crippen molar-refractivity contribution < 1.29 is 14.9 Å². The third kappa shape index (κ3) is 4.16. The molecule has 1 aromatic heterocycles. The summed E-state index contributed by atoms with van der Waals surface area (Å²) in [5, 5.41) is 9.66. The van der Waals surface area contributed by atoms with E-state index < -0.39 is 0 Å². The average molecular weight is 255 g/mol. The second-order valence-electron chi connectivity index (χ2n) is 5.04. The van der Waals surface area contributed by atoms with Gasteiger partial charge in [-0.1, -0.05) is 6.92 Å². The monoisotopic (exact) mass is 255 g/mol. The van der Waals surface area contributed by atoms with Gasteiger partial charge in [-0.15, -0.1) is 0 Å². The predicted molar refractivity (Wildman–Crippen MR) is 68.5 cm³/mol. The molecule has 0 aliphatic carbocycles. The molecule has 5 heteroatoms. The van der Waals surface area contributed by atoms with Crippen molar-refractivity contribution in [2.24, 2.45) is 0 Å². The molecule has 102 valence electrons. The Hall–Kier alpha value is -1.33. The summed E-state index contributed by atoms with van der Waals surface area (Å²) in [6.07, 6.45) is 2.24. The van der Waals surface area contributed by atoms with Gasteiger partial charge in [0.25, 0.3) is 0 Å². The Morgan fingerprint density at radius 2 is 2.06 bits per heavy atom. The van der Waals surface area contributed by atoms with E-state index >= 15 is 0 Å². The number of pyridine rings is 1. The second-order valence-corrected chi connectivity index (χ2v) is 5.04. The average Bonchev–Trinajstić information content (AvgIpc) is 2.28. The van der Waals surface area contributed by atoms with Crippen LogP contribution in [0.1, 0.15) is 33.4 Å². The van der Waals surface area contributed by atoms with Crippen LogP contribution in [0.4, 0.5) is 0 Å². The highest BCUT2D eigenvalue weighted by atomic mass is 17.2. The highest BCUT2D eigenvalue weighted by Gasteiger charge is 2.12. The first-order valence-electron chi connectivity index (χ1n) is 6.07. The minimum atomic E-state index is -0.352. The van der Waals surface area contributed by atoms with Crippen molar-refractivity contribution in [3.63, 3.8) is 0 Å². The zero-order valence-electron chi connectivity index (χ0n) is 11.4. The van der Waals surface area contributed by atoms with Crippen LogP contribution in [0.3, 0.4) is 0 Å². The number of nitrogens with zero attached hydrogens (tertiary/aromatic N) is 1. The third-order valence-corrected chi connectivity index (χ3v) is 2.32. The summed E-state index contributed by atoms with van der Waals surface area (Å²) in [5.41, 5.74) is -0.0870. The molecule has 0 fully saturated rings. The largest absolute Gasteiger partial charge is 0.503 e. The highest BCUT2D eigenvalue weighted by Crippen LogP contribution is 2.12. The fourth-order valence-electron chi connectivity index (χ4n) is 1.54. The van der Waals surface area contributed by atoms with Gasteiger partial charge in [0.1, 0.15) is 6.61 Å². The molecule has 0 bridgehead atoms. The van der Waals surface area contributed by atoms with Gasteiger partial charge in [0.05, 0.1) is 11.3 Å². The summed E-state index contributed by atoms with van der Waals surface area (Å²) in [6, 6.07) is 1.35. The summed E-state index contributed by atoms with van der Waals surface area (Å²) in [6.45, 7) is 8.46. The summed E-state index contributed by atoms with van der Waals surface area (Å²) < 4.78 is 1.79. The van der Waals surface area contributed by atoms with Crippen molar-refractivity contribution in [1.29, 1.82) is 0 Å². The maximum Gasteiger partial charge on any atom is 0.223 e. The molecule has 0 atom stereocenters. The van der Waals surface area contributed by atoms with E-state index in [2.05, 4.69) is 0 Å². The molecule has 18 heavy (non-hydrogen) atoms. The van der Waals surface area contributed by atoms with Crippen molar-refractivity contribution in [2.45, 2.75) is 46.3 Å². The molecular formula is C13H21NO4. The quantitative estimate of drug-likeness (QED) is 0.495. The van der Waals surface area contributed by atoms with Crippen molar-refractivity contribution in [2.75, 3.05) is 6.61 Å². The van der Waals surface area contributed by atoms with Crippen LogP contribution in [-0.2, 0) is 22.7 Å². The summed E-state index contributed by atoms with van der Waals surface area (Å²) in [4.78, 5) is 21.5. The van der Waals surface area contributed by atoms with Gasteiger partial charge in [-0.05, 0) is 27.2 Å². The lowest BCUT2D eigenvalue weighted by Crippen LogP contribution is -2.21. The van der Waals surface area contributed by atoms with Gasteiger partial charge in [0, 0.05) is 18.8 Å². The van der Waals surface area contributed by atoms with E-state index in [1.165, 1.54) is 6.07 Å².